The second kappa shape index (κ2) is 9.73. The van der Waals surface area contributed by atoms with Gasteiger partial charge in [-0.05, 0) is 65.8 Å². The van der Waals surface area contributed by atoms with Gasteiger partial charge in [0.1, 0.15) is 12.2 Å². The molecule has 0 saturated carbocycles. The Bertz CT molecular complexity index is 1890. The van der Waals surface area contributed by atoms with Crippen LogP contribution in [0.3, 0.4) is 0 Å². The number of aryl methyl sites for hydroxylation is 1. The van der Waals surface area contributed by atoms with Gasteiger partial charge in [-0.3, -0.25) is 0 Å². The normalized spacial score (nSPS) is 21.7. The maximum atomic E-state index is 14.3. The van der Waals surface area contributed by atoms with Gasteiger partial charge in [0.25, 0.3) is 0 Å². The molecule has 3 atom stereocenters. The highest BCUT2D eigenvalue weighted by atomic mass is 19.4. The Hall–Kier alpha value is -4.53. The summed E-state index contributed by atoms with van der Waals surface area (Å²) in [6.07, 6.45) is -2.99. The lowest BCUT2D eigenvalue weighted by molar-refractivity contribution is -0.573. The van der Waals surface area contributed by atoms with E-state index in [9.17, 15) is 26.3 Å². The third-order valence-corrected chi connectivity index (χ3v) is 9.82. The van der Waals surface area contributed by atoms with Gasteiger partial charge in [-0.15, -0.1) is 0 Å². The van der Waals surface area contributed by atoms with Crippen LogP contribution in [0.1, 0.15) is 51.9 Å². The zero-order valence-electron chi connectivity index (χ0n) is 24.0. The molecule has 4 aliphatic rings. The van der Waals surface area contributed by atoms with Crippen LogP contribution in [0.25, 0.3) is 28.1 Å². The average Bonchev–Trinajstić information content (AvgIpc) is 3.47. The van der Waals surface area contributed by atoms with Crippen LogP contribution >= 0.6 is 0 Å². The predicted octanol–water partition coefficient (Wildman–Crippen LogP) is 8.57. The second-order valence-electron chi connectivity index (χ2n) is 12.2. The maximum Gasteiger partial charge on any atom is 0.417 e. The zero-order valence-corrected chi connectivity index (χ0v) is 24.0. The van der Waals surface area contributed by atoms with Crippen molar-refractivity contribution in [3.63, 3.8) is 0 Å². The molecule has 0 aliphatic carbocycles. The van der Waals surface area contributed by atoms with Gasteiger partial charge < -0.3 is 9.80 Å². The summed E-state index contributed by atoms with van der Waals surface area (Å²) < 4.78 is 87.3. The highest BCUT2D eigenvalue weighted by Gasteiger charge is 2.51. The molecule has 228 valence electrons. The monoisotopic (exact) mass is 616 g/mol. The Morgan fingerprint density at radius 1 is 0.756 bits per heavy atom. The minimum absolute atomic E-state index is 0.0348. The number of rotatable bonds is 1. The van der Waals surface area contributed by atoms with Gasteiger partial charge in [-0.25, -0.2) is 0 Å². The molecule has 3 unspecified atom stereocenters. The molecule has 45 heavy (non-hydrogen) atoms. The van der Waals surface area contributed by atoms with Crippen LogP contribution in [0.4, 0.5) is 26.3 Å². The summed E-state index contributed by atoms with van der Waals surface area (Å²) in [6.45, 7) is 5.41. The van der Waals surface area contributed by atoms with E-state index < -0.39 is 23.5 Å². The molecule has 3 nitrogen and oxygen atoms in total. The number of pyridine rings is 1. The highest BCUT2D eigenvalue weighted by molar-refractivity contribution is 5.73. The molecule has 4 aromatic rings. The minimum atomic E-state index is -5.20. The van der Waals surface area contributed by atoms with Crippen LogP contribution in [0.2, 0.25) is 0 Å². The van der Waals surface area contributed by atoms with Gasteiger partial charge in [0, 0.05) is 42.6 Å². The van der Waals surface area contributed by atoms with E-state index in [0.717, 1.165) is 35.7 Å². The average molecular weight is 617 g/mol. The quantitative estimate of drug-likeness (QED) is 0.157. The van der Waals surface area contributed by atoms with E-state index in [0.29, 0.717) is 23.9 Å². The van der Waals surface area contributed by atoms with Gasteiger partial charge in [0.2, 0.25) is 11.4 Å². The molecular formula is C36H28F6N3+. The van der Waals surface area contributed by atoms with Crippen LogP contribution in [0.5, 0.6) is 0 Å². The number of alkyl halides is 6. The Labute approximate surface area is 256 Å². The standard InChI is InChI=1S/C36H28F6N3/c1-21-33-27(26-9-5-8-23-12-14-43-16-17-45(33)34(43)32(23)26)11-10-25-18-29(35(37,38)39)30(36(40,41)42)20-28(25)31-19-24(13-15-44(21)31)22-6-3-2-4-7-22/h2-9,13,15-20,27,33-34H,1,10-12,14H2/q+1. The number of hydrogen-bond donors (Lipinski definition) is 0. The van der Waals surface area contributed by atoms with Gasteiger partial charge in [0.15, 0.2) is 6.20 Å². The smallest absolute Gasteiger partial charge is 0.352 e. The van der Waals surface area contributed by atoms with E-state index >= 15 is 0 Å². The largest absolute Gasteiger partial charge is 0.417 e. The first kappa shape index (κ1) is 28.0. The molecule has 0 spiro atoms. The van der Waals surface area contributed by atoms with Gasteiger partial charge in [-0.1, -0.05) is 48.5 Å². The van der Waals surface area contributed by atoms with Crippen LogP contribution in [-0.4, -0.2) is 22.4 Å². The molecule has 8 rings (SSSR count). The lowest BCUT2D eigenvalue weighted by Crippen LogP contribution is -2.53. The summed E-state index contributed by atoms with van der Waals surface area (Å²) >= 11 is 0. The molecule has 0 saturated heterocycles. The molecule has 0 amide bonds. The summed E-state index contributed by atoms with van der Waals surface area (Å²) in [6, 6.07) is 20.4. The lowest BCUT2D eigenvalue weighted by Gasteiger charge is -2.48. The first-order chi connectivity index (χ1) is 21.5. The Morgan fingerprint density at radius 2 is 1.51 bits per heavy atom. The fourth-order valence-corrected chi connectivity index (χ4v) is 7.87. The van der Waals surface area contributed by atoms with E-state index in [1.807, 2.05) is 42.5 Å². The molecule has 3 aromatic carbocycles. The van der Waals surface area contributed by atoms with Crippen LogP contribution in [0.15, 0.2) is 98.0 Å². The van der Waals surface area contributed by atoms with Crippen molar-refractivity contribution < 1.29 is 30.9 Å². The summed E-state index contributed by atoms with van der Waals surface area (Å²) in [5.41, 5.74) is 3.22. The summed E-state index contributed by atoms with van der Waals surface area (Å²) in [5.74, 6) is -0.150. The molecule has 0 bridgehead atoms. The number of hydrogen-bond acceptors (Lipinski definition) is 2. The van der Waals surface area contributed by atoms with Crippen LogP contribution < -0.4 is 4.57 Å². The first-order valence-electron chi connectivity index (χ1n) is 15.0. The molecule has 0 radical (unpaired) electrons. The number of nitrogens with zero attached hydrogens (tertiary/aromatic N) is 3. The van der Waals surface area contributed by atoms with Crippen LogP contribution in [0, 0.1) is 0 Å². The Balaban J connectivity index is 1.40. The number of benzene rings is 3. The van der Waals surface area contributed by atoms with Crippen molar-refractivity contribution in [2.24, 2.45) is 0 Å². The third kappa shape index (κ3) is 4.30. The highest BCUT2D eigenvalue weighted by Crippen LogP contribution is 2.52. The van der Waals surface area contributed by atoms with Crippen molar-refractivity contribution in [2.75, 3.05) is 6.54 Å². The van der Waals surface area contributed by atoms with E-state index in [-0.39, 0.29) is 35.7 Å². The van der Waals surface area contributed by atoms with Gasteiger partial charge >= 0.3 is 12.4 Å². The van der Waals surface area contributed by atoms with Crippen molar-refractivity contribution in [1.29, 1.82) is 0 Å². The van der Waals surface area contributed by atoms with Crippen molar-refractivity contribution in [1.82, 2.24) is 9.80 Å². The third-order valence-electron chi connectivity index (χ3n) is 9.82. The van der Waals surface area contributed by atoms with Crippen LogP contribution in [-0.2, 0) is 25.2 Å². The predicted molar refractivity (Wildman–Crippen MR) is 158 cm³/mol. The number of fused-ring (bicyclic) bond motifs is 6. The van der Waals surface area contributed by atoms with E-state index in [2.05, 4.69) is 40.9 Å². The Morgan fingerprint density at radius 3 is 2.27 bits per heavy atom. The molecular weight excluding hydrogens is 588 g/mol. The molecule has 1 aromatic heterocycles. The summed E-state index contributed by atoms with van der Waals surface area (Å²) in [4.78, 5) is 4.57. The van der Waals surface area contributed by atoms with Gasteiger partial charge in [0.05, 0.1) is 16.7 Å². The van der Waals surface area contributed by atoms with Gasteiger partial charge in [-0.2, -0.15) is 30.9 Å². The van der Waals surface area contributed by atoms with Crippen molar-refractivity contribution >= 4 is 5.70 Å². The number of aromatic nitrogens is 1. The zero-order chi connectivity index (χ0) is 31.2. The van der Waals surface area contributed by atoms with E-state index in [1.54, 1.807) is 16.8 Å². The van der Waals surface area contributed by atoms with Crippen molar-refractivity contribution in [2.45, 2.75) is 49.7 Å². The first-order valence-corrected chi connectivity index (χ1v) is 15.0. The van der Waals surface area contributed by atoms with Crippen molar-refractivity contribution in [3.8, 4) is 22.4 Å². The molecule has 9 heteroatoms. The SMILES string of the molecule is C=C1C2C(CCc3cc(C(F)(F)F)c(C(F)(F)F)cc3-c3cc(-c4ccccc4)cc[n+]31)c1cccc3c1C1N(C=CN21)CC3. The number of halogens is 6. The minimum Gasteiger partial charge on any atom is -0.352 e. The topological polar surface area (TPSA) is 10.4 Å². The van der Waals surface area contributed by atoms with E-state index in [4.69, 9.17) is 0 Å². The fraction of sp³-hybridized carbons (Fsp3) is 0.250. The molecule has 5 heterocycles. The van der Waals surface area contributed by atoms with Crippen molar-refractivity contribution in [3.05, 3.63) is 131 Å². The Kier molecular flexibility index (Phi) is 6.05. The maximum absolute atomic E-state index is 14.3. The second-order valence-corrected chi connectivity index (χ2v) is 12.2. The summed E-state index contributed by atoms with van der Waals surface area (Å²) in [7, 11) is 0. The summed E-state index contributed by atoms with van der Waals surface area (Å²) in [5, 5.41) is 0. The fourth-order valence-electron chi connectivity index (χ4n) is 7.87. The van der Waals surface area contributed by atoms with E-state index in [1.165, 1.54) is 11.1 Å². The molecule has 4 aliphatic heterocycles. The molecule has 0 N–H and O–H groups in total. The molecule has 0 fully saturated rings. The lowest BCUT2D eigenvalue weighted by atomic mass is 9.75.